The SMILES string of the molecule is COc1cccc(Cc2nc3c(Cc4ccccc4)[nH]c(-c4cccc(C)c4)cn-3c2=O)c1. The van der Waals surface area contributed by atoms with Crippen LogP contribution < -0.4 is 10.3 Å². The van der Waals surface area contributed by atoms with Crippen molar-refractivity contribution in [2.24, 2.45) is 0 Å². The molecule has 0 atom stereocenters. The van der Waals surface area contributed by atoms with Gasteiger partial charge < -0.3 is 9.72 Å². The molecule has 2 aliphatic heterocycles. The second kappa shape index (κ2) is 8.79. The van der Waals surface area contributed by atoms with Gasteiger partial charge in [-0.3, -0.25) is 9.36 Å². The topological polar surface area (TPSA) is 59.9 Å². The molecule has 3 aromatic carbocycles. The van der Waals surface area contributed by atoms with Gasteiger partial charge in [0.1, 0.15) is 11.4 Å². The van der Waals surface area contributed by atoms with E-state index in [-0.39, 0.29) is 5.56 Å². The number of fused-ring (bicyclic) bond motifs is 1. The van der Waals surface area contributed by atoms with Gasteiger partial charge in [-0.1, -0.05) is 66.2 Å². The number of methoxy groups -OCH3 is 1. The lowest BCUT2D eigenvalue weighted by Gasteiger charge is -2.13. The normalized spacial score (nSPS) is 11.1. The number of imidazole rings is 1. The molecular formula is C28H25N3O2. The summed E-state index contributed by atoms with van der Waals surface area (Å²) < 4.78 is 7.02. The van der Waals surface area contributed by atoms with Crippen molar-refractivity contribution in [3.63, 3.8) is 0 Å². The third-order valence-electron chi connectivity index (χ3n) is 5.81. The quantitative estimate of drug-likeness (QED) is 0.401. The molecule has 0 amide bonds. The van der Waals surface area contributed by atoms with E-state index in [0.717, 1.165) is 39.4 Å². The van der Waals surface area contributed by atoms with Crippen molar-refractivity contribution in [2.45, 2.75) is 19.8 Å². The number of hydrogen-bond donors (Lipinski definition) is 1. The van der Waals surface area contributed by atoms with Crippen LogP contribution in [-0.4, -0.2) is 21.6 Å². The number of aromatic amines is 1. The average Bonchev–Trinajstić information content (AvgIpc) is 3.15. The van der Waals surface area contributed by atoms with Gasteiger partial charge in [0.05, 0.1) is 18.5 Å². The summed E-state index contributed by atoms with van der Waals surface area (Å²) in [5, 5.41) is 0. The molecule has 2 heterocycles. The fourth-order valence-corrected chi connectivity index (χ4v) is 4.15. The number of H-pyrrole nitrogens is 1. The highest BCUT2D eigenvalue weighted by molar-refractivity contribution is 5.61. The Morgan fingerprint density at radius 3 is 2.48 bits per heavy atom. The monoisotopic (exact) mass is 435 g/mol. The zero-order valence-electron chi connectivity index (χ0n) is 18.7. The minimum atomic E-state index is -0.0926. The summed E-state index contributed by atoms with van der Waals surface area (Å²) in [7, 11) is 1.64. The van der Waals surface area contributed by atoms with E-state index in [1.165, 1.54) is 0 Å². The predicted octanol–water partition coefficient (Wildman–Crippen LogP) is 5.16. The van der Waals surface area contributed by atoms with Crippen molar-refractivity contribution < 1.29 is 4.74 Å². The van der Waals surface area contributed by atoms with E-state index in [1.54, 1.807) is 11.7 Å². The number of benzene rings is 3. The van der Waals surface area contributed by atoms with E-state index >= 15 is 0 Å². The molecule has 0 saturated heterocycles. The minimum Gasteiger partial charge on any atom is -0.497 e. The zero-order valence-corrected chi connectivity index (χ0v) is 18.7. The smallest absolute Gasteiger partial charge is 0.278 e. The highest BCUT2D eigenvalue weighted by Crippen LogP contribution is 2.24. The fraction of sp³-hybridized carbons (Fsp3) is 0.143. The van der Waals surface area contributed by atoms with Crippen LogP contribution in [0.2, 0.25) is 0 Å². The third-order valence-corrected chi connectivity index (χ3v) is 5.81. The summed E-state index contributed by atoms with van der Waals surface area (Å²) in [6.07, 6.45) is 2.96. The number of nitrogens with one attached hydrogen (secondary N) is 1. The lowest BCUT2D eigenvalue weighted by atomic mass is 10.1. The highest BCUT2D eigenvalue weighted by Gasteiger charge is 2.20. The maximum atomic E-state index is 13.4. The van der Waals surface area contributed by atoms with Gasteiger partial charge in [-0.25, -0.2) is 4.98 Å². The molecule has 0 saturated carbocycles. The Morgan fingerprint density at radius 2 is 1.70 bits per heavy atom. The van der Waals surface area contributed by atoms with Gasteiger partial charge in [0.2, 0.25) is 0 Å². The number of ether oxygens (including phenoxy) is 1. The number of aryl methyl sites for hydroxylation is 1. The molecule has 0 radical (unpaired) electrons. The van der Waals surface area contributed by atoms with E-state index in [0.29, 0.717) is 24.4 Å². The molecule has 0 spiro atoms. The second-order valence-corrected chi connectivity index (χ2v) is 8.26. The van der Waals surface area contributed by atoms with Crippen molar-refractivity contribution in [3.05, 3.63) is 123 Å². The Bertz CT molecular complexity index is 1430. The number of nitrogens with zero attached hydrogens (tertiary/aromatic N) is 2. The maximum absolute atomic E-state index is 13.4. The molecule has 33 heavy (non-hydrogen) atoms. The molecule has 0 bridgehead atoms. The van der Waals surface area contributed by atoms with Gasteiger partial charge in [-0.05, 0) is 41.8 Å². The van der Waals surface area contributed by atoms with Crippen LogP contribution in [-0.2, 0) is 12.8 Å². The largest absolute Gasteiger partial charge is 0.497 e. The van der Waals surface area contributed by atoms with Crippen LogP contribution >= 0.6 is 0 Å². The average molecular weight is 436 g/mol. The molecule has 0 fully saturated rings. The molecule has 3 aromatic rings. The summed E-state index contributed by atoms with van der Waals surface area (Å²) in [6, 6.07) is 26.2. The van der Waals surface area contributed by atoms with Crippen LogP contribution in [0, 0.1) is 6.92 Å². The molecule has 2 aliphatic rings. The van der Waals surface area contributed by atoms with Gasteiger partial charge in [-0.2, -0.15) is 0 Å². The van der Waals surface area contributed by atoms with E-state index in [4.69, 9.17) is 9.72 Å². The lowest BCUT2D eigenvalue weighted by molar-refractivity contribution is 0.414. The molecule has 0 aromatic heterocycles. The minimum absolute atomic E-state index is 0.0926. The molecule has 0 aliphatic carbocycles. The van der Waals surface area contributed by atoms with E-state index in [2.05, 4.69) is 42.2 Å². The maximum Gasteiger partial charge on any atom is 0.278 e. The number of aromatic nitrogens is 3. The van der Waals surface area contributed by atoms with E-state index in [1.807, 2.05) is 54.7 Å². The van der Waals surface area contributed by atoms with Gasteiger partial charge in [0.15, 0.2) is 5.82 Å². The van der Waals surface area contributed by atoms with Gasteiger partial charge in [0, 0.05) is 19.0 Å². The molecule has 5 nitrogen and oxygen atoms in total. The summed E-state index contributed by atoms with van der Waals surface area (Å²) in [4.78, 5) is 21.7. The first kappa shape index (κ1) is 20.8. The van der Waals surface area contributed by atoms with Crippen molar-refractivity contribution >= 4 is 0 Å². The van der Waals surface area contributed by atoms with Crippen molar-refractivity contribution in [3.8, 4) is 22.8 Å². The van der Waals surface area contributed by atoms with Crippen LogP contribution in [0.15, 0.2) is 89.9 Å². The first-order chi connectivity index (χ1) is 16.1. The first-order valence-corrected chi connectivity index (χ1v) is 11.0. The van der Waals surface area contributed by atoms with Gasteiger partial charge in [0.25, 0.3) is 5.56 Å². The summed E-state index contributed by atoms with van der Waals surface area (Å²) in [5.41, 5.74) is 6.57. The molecular weight excluding hydrogens is 410 g/mol. The number of rotatable bonds is 6. The number of hydrogen-bond acceptors (Lipinski definition) is 3. The third kappa shape index (κ3) is 4.30. The second-order valence-electron chi connectivity index (χ2n) is 8.26. The predicted molar refractivity (Wildman–Crippen MR) is 131 cm³/mol. The summed E-state index contributed by atoms with van der Waals surface area (Å²) in [5.74, 6) is 1.43. The van der Waals surface area contributed by atoms with Gasteiger partial charge in [-0.15, -0.1) is 0 Å². The Kier molecular flexibility index (Phi) is 5.53. The van der Waals surface area contributed by atoms with Crippen LogP contribution in [0.3, 0.4) is 0 Å². The molecule has 1 N–H and O–H groups in total. The van der Waals surface area contributed by atoms with Crippen molar-refractivity contribution in [1.82, 2.24) is 14.5 Å². The Balaban J connectivity index is 1.64. The lowest BCUT2D eigenvalue weighted by Crippen LogP contribution is -2.17. The van der Waals surface area contributed by atoms with Crippen molar-refractivity contribution in [1.29, 1.82) is 0 Å². The van der Waals surface area contributed by atoms with Crippen molar-refractivity contribution in [2.75, 3.05) is 7.11 Å². The standard InChI is InChI=1S/C28H25N3O2/c1-19-8-6-12-22(14-19)26-18-31-27(24(29-26)16-20-9-4-3-5-10-20)30-25(28(31)32)17-21-11-7-13-23(15-21)33-2/h3-15,18,29H,16-17H2,1-2H3. The Morgan fingerprint density at radius 1 is 0.909 bits per heavy atom. The van der Waals surface area contributed by atoms with E-state index < -0.39 is 0 Å². The van der Waals surface area contributed by atoms with E-state index in [9.17, 15) is 4.79 Å². The summed E-state index contributed by atoms with van der Waals surface area (Å²) >= 11 is 0. The van der Waals surface area contributed by atoms with Crippen LogP contribution in [0.25, 0.3) is 17.1 Å². The zero-order chi connectivity index (χ0) is 22.8. The van der Waals surface area contributed by atoms with Crippen LogP contribution in [0.4, 0.5) is 0 Å². The van der Waals surface area contributed by atoms with Crippen LogP contribution in [0.5, 0.6) is 5.75 Å². The molecule has 5 rings (SSSR count). The Labute approximate surface area is 192 Å². The first-order valence-electron chi connectivity index (χ1n) is 11.0. The van der Waals surface area contributed by atoms with Crippen LogP contribution in [0.1, 0.15) is 28.1 Å². The summed E-state index contributed by atoms with van der Waals surface area (Å²) in [6.45, 7) is 2.06. The Hall–Kier alpha value is -4.12. The highest BCUT2D eigenvalue weighted by atomic mass is 16.5. The molecule has 5 heteroatoms. The molecule has 164 valence electrons. The fourth-order valence-electron chi connectivity index (χ4n) is 4.15. The van der Waals surface area contributed by atoms with Gasteiger partial charge >= 0.3 is 0 Å². The molecule has 0 unspecified atom stereocenters.